The van der Waals surface area contributed by atoms with E-state index >= 15 is 0 Å². The van der Waals surface area contributed by atoms with Gasteiger partial charge in [-0.15, -0.1) is 0 Å². The summed E-state index contributed by atoms with van der Waals surface area (Å²) in [5.41, 5.74) is 5.00. The number of rotatable bonds is 8. The molecule has 0 fully saturated rings. The van der Waals surface area contributed by atoms with Gasteiger partial charge in [-0.2, -0.15) is 0 Å². The van der Waals surface area contributed by atoms with Crippen LogP contribution in [0.1, 0.15) is 61.4 Å². The number of hydrogen-bond acceptors (Lipinski definition) is 3. The van der Waals surface area contributed by atoms with Gasteiger partial charge in [0.15, 0.2) is 0 Å². The first-order valence-corrected chi connectivity index (χ1v) is 11.8. The summed E-state index contributed by atoms with van der Waals surface area (Å²) in [4.78, 5) is 12.7. The second kappa shape index (κ2) is 9.44. The van der Waals surface area contributed by atoms with E-state index < -0.39 is 10.0 Å². The highest BCUT2D eigenvalue weighted by molar-refractivity contribution is 7.92. The summed E-state index contributed by atoms with van der Waals surface area (Å²) < 4.78 is 25.8. The zero-order valence-electron chi connectivity index (χ0n) is 18.2. The van der Waals surface area contributed by atoms with Crippen LogP contribution < -0.4 is 9.62 Å². The van der Waals surface area contributed by atoms with Gasteiger partial charge >= 0.3 is 0 Å². The van der Waals surface area contributed by atoms with E-state index in [4.69, 9.17) is 0 Å². The number of benzene rings is 2. The molecule has 1 amide bonds. The molecule has 0 bridgehead atoms. The lowest BCUT2D eigenvalue weighted by Gasteiger charge is -2.24. The summed E-state index contributed by atoms with van der Waals surface area (Å²) in [6.07, 6.45) is 1.84. The average molecular weight is 417 g/mol. The molecular formula is C23H32N2O3S. The molecule has 2 aromatic carbocycles. The molecule has 29 heavy (non-hydrogen) atoms. The molecule has 2 aromatic rings. The van der Waals surface area contributed by atoms with Crippen molar-refractivity contribution in [2.24, 2.45) is 0 Å². The first-order chi connectivity index (χ1) is 13.5. The van der Waals surface area contributed by atoms with E-state index in [0.29, 0.717) is 11.6 Å². The number of carbonyl (C=O) groups excluding carboxylic acids is 1. The minimum atomic E-state index is -3.59. The highest BCUT2D eigenvalue weighted by Crippen LogP contribution is 2.23. The smallest absolute Gasteiger partial charge is 0.241 e. The van der Waals surface area contributed by atoms with Gasteiger partial charge in [-0.1, -0.05) is 51.1 Å². The third kappa shape index (κ3) is 6.07. The second-order valence-corrected chi connectivity index (χ2v) is 9.79. The number of sulfonamides is 1. The van der Waals surface area contributed by atoms with E-state index in [1.807, 2.05) is 45.0 Å². The molecule has 0 aliphatic rings. The van der Waals surface area contributed by atoms with Crippen LogP contribution in [0.3, 0.4) is 0 Å². The normalized spacial score (nSPS) is 12.7. The van der Waals surface area contributed by atoms with Gasteiger partial charge in [0, 0.05) is 0 Å². The molecular weight excluding hydrogens is 384 g/mol. The van der Waals surface area contributed by atoms with Gasteiger partial charge in [0.05, 0.1) is 18.0 Å². The molecule has 0 aliphatic heterocycles. The molecule has 0 radical (unpaired) electrons. The van der Waals surface area contributed by atoms with Crippen LogP contribution in [-0.2, 0) is 14.8 Å². The van der Waals surface area contributed by atoms with Gasteiger partial charge in [0.2, 0.25) is 15.9 Å². The molecule has 0 saturated heterocycles. The molecule has 2 rings (SSSR count). The Morgan fingerprint density at radius 3 is 2.07 bits per heavy atom. The van der Waals surface area contributed by atoms with Crippen LogP contribution in [-0.4, -0.2) is 27.1 Å². The Labute approximate surface area is 175 Å². The Morgan fingerprint density at radius 1 is 1.00 bits per heavy atom. The summed E-state index contributed by atoms with van der Waals surface area (Å²) in [7, 11) is -3.59. The average Bonchev–Trinajstić information content (AvgIpc) is 2.65. The maximum atomic E-state index is 12.7. The summed E-state index contributed by atoms with van der Waals surface area (Å²) >= 11 is 0. The fraction of sp³-hybridized carbons (Fsp3) is 0.435. The Morgan fingerprint density at radius 2 is 1.59 bits per heavy atom. The number of carbonyl (C=O) groups is 1. The van der Waals surface area contributed by atoms with Crippen molar-refractivity contribution in [2.45, 2.75) is 53.0 Å². The lowest BCUT2D eigenvalue weighted by molar-refractivity contribution is -0.120. The number of nitrogens with one attached hydrogen (secondary N) is 1. The molecule has 0 spiro atoms. The third-order valence-corrected chi connectivity index (χ3v) is 6.35. The van der Waals surface area contributed by atoms with Gasteiger partial charge < -0.3 is 5.32 Å². The van der Waals surface area contributed by atoms with Gasteiger partial charge in [-0.3, -0.25) is 9.10 Å². The maximum Gasteiger partial charge on any atom is 0.241 e. The zero-order chi connectivity index (χ0) is 21.8. The van der Waals surface area contributed by atoms with Crippen molar-refractivity contribution in [3.05, 3.63) is 64.7 Å². The molecule has 0 saturated carbocycles. The van der Waals surface area contributed by atoms with Crippen LogP contribution >= 0.6 is 0 Å². The second-order valence-electron chi connectivity index (χ2n) is 7.89. The molecule has 1 N–H and O–H groups in total. The molecule has 0 heterocycles. The van der Waals surface area contributed by atoms with E-state index in [1.54, 1.807) is 12.1 Å². The summed E-state index contributed by atoms with van der Waals surface area (Å²) in [6.45, 7) is 10.00. The minimum absolute atomic E-state index is 0.161. The molecule has 0 aliphatic carbocycles. The molecule has 5 nitrogen and oxygen atoms in total. The molecule has 6 heteroatoms. The van der Waals surface area contributed by atoms with Crippen molar-refractivity contribution < 1.29 is 13.2 Å². The monoisotopic (exact) mass is 416 g/mol. The van der Waals surface area contributed by atoms with E-state index in [1.165, 1.54) is 11.1 Å². The Bertz CT molecular complexity index is 951. The molecule has 0 unspecified atom stereocenters. The number of hydrogen-bond donors (Lipinski definition) is 1. The van der Waals surface area contributed by atoms with Crippen LogP contribution in [0.4, 0.5) is 5.69 Å². The maximum absolute atomic E-state index is 12.7. The fourth-order valence-corrected chi connectivity index (χ4v) is 4.05. The summed E-state index contributed by atoms with van der Waals surface area (Å²) in [5, 5.41) is 2.99. The van der Waals surface area contributed by atoms with Crippen molar-refractivity contribution >= 4 is 21.6 Å². The molecule has 1 atom stereocenters. The lowest BCUT2D eigenvalue weighted by atomic mass is 9.99. The Kier molecular flexibility index (Phi) is 7.47. The number of nitrogens with zero attached hydrogens (tertiary/aromatic N) is 1. The lowest BCUT2D eigenvalue weighted by Crippen LogP contribution is -2.41. The number of anilines is 1. The zero-order valence-corrected chi connectivity index (χ0v) is 19.0. The van der Waals surface area contributed by atoms with Gasteiger partial charge in [0.1, 0.15) is 6.54 Å². The highest BCUT2D eigenvalue weighted by Gasteiger charge is 2.22. The van der Waals surface area contributed by atoms with E-state index in [0.717, 1.165) is 28.1 Å². The highest BCUT2D eigenvalue weighted by atomic mass is 32.2. The third-order valence-electron chi connectivity index (χ3n) is 5.21. The SMILES string of the molecule is CC[C@@H](NC(=O)CN(c1ccc(C(C)C)cc1)S(C)(=O)=O)c1ccc(C)c(C)c1. The van der Waals surface area contributed by atoms with Gasteiger partial charge in [0.25, 0.3) is 0 Å². The van der Waals surface area contributed by atoms with Crippen LogP contribution in [0.25, 0.3) is 0 Å². The standard InChI is InChI=1S/C23H32N2O3S/c1-7-22(20-9-8-17(4)18(5)14-20)24-23(26)15-25(29(6,27)28)21-12-10-19(11-13-21)16(2)3/h8-14,16,22H,7,15H2,1-6H3,(H,24,26)/t22-/m1/s1. The minimum Gasteiger partial charge on any atom is -0.348 e. The quantitative estimate of drug-likeness (QED) is 0.691. The van der Waals surface area contributed by atoms with Crippen LogP contribution in [0.2, 0.25) is 0 Å². The Hall–Kier alpha value is -2.34. The van der Waals surface area contributed by atoms with Crippen LogP contribution in [0.5, 0.6) is 0 Å². The first-order valence-electron chi connectivity index (χ1n) is 9.97. The topological polar surface area (TPSA) is 66.5 Å². The molecule has 158 valence electrons. The van der Waals surface area contributed by atoms with Crippen LogP contribution in [0, 0.1) is 13.8 Å². The van der Waals surface area contributed by atoms with Gasteiger partial charge in [-0.05, 0) is 60.6 Å². The van der Waals surface area contributed by atoms with Crippen molar-refractivity contribution in [1.82, 2.24) is 5.32 Å². The van der Waals surface area contributed by atoms with E-state index in [9.17, 15) is 13.2 Å². The van der Waals surface area contributed by atoms with Crippen molar-refractivity contribution in [1.29, 1.82) is 0 Å². The van der Waals surface area contributed by atoms with E-state index in [-0.39, 0.29) is 18.5 Å². The summed E-state index contributed by atoms with van der Waals surface area (Å²) in [6, 6.07) is 13.3. The Balaban J connectivity index is 2.20. The number of amides is 1. The van der Waals surface area contributed by atoms with Gasteiger partial charge in [-0.25, -0.2) is 8.42 Å². The predicted octanol–water partition coefficient (Wildman–Crippen LogP) is 4.46. The van der Waals surface area contributed by atoms with Crippen molar-refractivity contribution in [3.8, 4) is 0 Å². The van der Waals surface area contributed by atoms with E-state index in [2.05, 4.69) is 25.2 Å². The van der Waals surface area contributed by atoms with Crippen molar-refractivity contribution in [3.63, 3.8) is 0 Å². The first kappa shape index (κ1) is 22.9. The summed E-state index contributed by atoms with van der Waals surface area (Å²) in [5.74, 6) is 0.0238. The largest absolute Gasteiger partial charge is 0.348 e. The molecule has 0 aromatic heterocycles. The van der Waals surface area contributed by atoms with Crippen LogP contribution in [0.15, 0.2) is 42.5 Å². The predicted molar refractivity (Wildman–Crippen MR) is 120 cm³/mol. The number of aryl methyl sites for hydroxylation is 2. The van der Waals surface area contributed by atoms with Crippen molar-refractivity contribution in [2.75, 3.05) is 17.1 Å². The fourth-order valence-electron chi connectivity index (χ4n) is 3.20.